The third kappa shape index (κ3) is 3.17. The van der Waals surface area contributed by atoms with Crippen LogP contribution in [0.4, 0.5) is 16.2 Å². The van der Waals surface area contributed by atoms with E-state index in [2.05, 4.69) is 17.6 Å². The number of likely N-dealkylation sites (tertiary alicyclic amines) is 1. The minimum atomic E-state index is -0.0889. The van der Waals surface area contributed by atoms with E-state index >= 15 is 0 Å². The molecule has 0 radical (unpaired) electrons. The molecular formula is C16H21N3O2. The summed E-state index contributed by atoms with van der Waals surface area (Å²) in [6.45, 7) is 3.69. The topological polar surface area (TPSA) is 61.4 Å². The average molecular weight is 287 g/mol. The summed E-state index contributed by atoms with van der Waals surface area (Å²) in [7, 11) is 0. The average Bonchev–Trinajstić information content (AvgIpc) is 2.99. The summed E-state index contributed by atoms with van der Waals surface area (Å²) in [6, 6.07) is 7.27. The number of hydrogen-bond donors (Lipinski definition) is 2. The Morgan fingerprint density at radius 1 is 1.10 bits per heavy atom. The summed E-state index contributed by atoms with van der Waals surface area (Å²) < 4.78 is 0. The predicted octanol–water partition coefficient (Wildman–Crippen LogP) is 2.91. The molecular weight excluding hydrogens is 266 g/mol. The molecule has 1 aliphatic carbocycles. The molecule has 2 N–H and O–H groups in total. The molecule has 3 rings (SSSR count). The number of benzene rings is 1. The van der Waals surface area contributed by atoms with Gasteiger partial charge in [-0.2, -0.15) is 0 Å². The van der Waals surface area contributed by atoms with Crippen molar-refractivity contribution in [3.05, 3.63) is 24.3 Å². The molecule has 21 heavy (non-hydrogen) atoms. The van der Waals surface area contributed by atoms with Gasteiger partial charge < -0.3 is 15.5 Å². The Hall–Kier alpha value is -2.04. The number of carbonyl (C=O) groups excluding carboxylic acids is 2. The van der Waals surface area contributed by atoms with Crippen LogP contribution in [0.25, 0.3) is 0 Å². The molecule has 0 unspecified atom stereocenters. The van der Waals surface area contributed by atoms with Gasteiger partial charge in [0.1, 0.15) is 0 Å². The van der Waals surface area contributed by atoms with E-state index < -0.39 is 0 Å². The van der Waals surface area contributed by atoms with Crippen molar-refractivity contribution in [2.45, 2.75) is 26.2 Å². The van der Waals surface area contributed by atoms with E-state index in [1.807, 2.05) is 29.2 Å². The largest absolute Gasteiger partial charge is 0.325 e. The quantitative estimate of drug-likeness (QED) is 0.898. The molecule has 112 valence electrons. The number of para-hydroxylation sites is 2. The molecule has 1 aromatic rings. The summed E-state index contributed by atoms with van der Waals surface area (Å²) in [6.07, 6.45) is 3.07. The summed E-state index contributed by atoms with van der Waals surface area (Å²) in [5, 5.41) is 5.83. The van der Waals surface area contributed by atoms with Crippen molar-refractivity contribution in [1.82, 2.24) is 4.90 Å². The molecule has 0 spiro atoms. The van der Waals surface area contributed by atoms with Crippen molar-refractivity contribution in [1.29, 1.82) is 0 Å². The van der Waals surface area contributed by atoms with Gasteiger partial charge in [-0.3, -0.25) is 4.79 Å². The van der Waals surface area contributed by atoms with Crippen molar-refractivity contribution in [3.8, 4) is 0 Å². The maximum atomic E-state index is 12.2. The molecule has 5 nitrogen and oxygen atoms in total. The molecule has 0 bridgehead atoms. The van der Waals surface area contributed by atoms with Crippen LogP contribution >= 0.6 is 0 Å². The molecule has 0 aromatic heterocycles. The number of urea groups is 1. The van der Waals surface area contributed by atoms with Gasteiger partial charge in [0.15, 0.2) is 0 Å². The van der Waals surface area contributed by atoms with E-state index in [1.54, 1.807) is 0 Å². The van der Waals surface area contributed by atoms with Crippen molar-refractivity contribution >= 4 is 23.3 Å². The lowest BCUT2D eigenvalue weighted by Gasteiger charge is -2.18. The van der Waals surface area contributed by atoms with E-state index in [9.17, 15) is 9.59 Å². The zero-order chi connectivity index (χ0) is 14.8. The SMILES string of the molecule is C[C@@H]1C[C@@H]1C(=O)Nc1ccccc1NC(=O)N1CCCC1. The summed E-state index contributed by atoms with van der Waals surface area (Å²) in [4.78, 5) is 26.0. The smallest absolute Gasteiger partial charge is 0.321 e. The summed E-state index contributed by atoms with van der Waals surface area (Å²) in [5.74, 6) is 0.633. The minimum absolute atomic E-state index is 0.0466. The Labute approximate surface area is 124 Å². The van der Waals surface area contributed by atoms with Gasteiger partial charge in [0, 0.05) is 19.0 Å². The van der Waals surface area contributed by atoms with Gasteiger partial charge in [0.2, 0.25) is 5.91 Å². The Morgan fingerprint density at radius 3 is 2.24 bits per heavy atom. The fourth-order valence-electron chi connectivity index (χ4n) is 2.73. The Kier molecular flexibility index (Phi) is 3.82. The predicted molar refractivity (Wildman–Crippen MR) is 82.2 cm³/mol. The van der Waals surface area contributed by atoms with Gasteiger partial charge in [-0.15, -0.1) is 0 Å². The lowest BCUT2D eigenvalue weighted by Crippen LogP contribution is -2.32. The first-order valence-electron chi connectivity index (χ1n) is 7.61. The van der Waals surface area contributed by atoms with Crippen LogP contribution in [0, 0.1) is 11.8 Å². The molecule has 2 aliphatic rings. The molecule has 2 atom stereocenters. The normalized spacial score (nSPS) is 23.8. The Morgan fingerprint density at radius 2 is 1.67 bits per heavy atom. The van der Waals surface area contributed by atoms with Crippen LogP contribution < -0.4 is 10.6 Å². The second kappa shape index (κ2) is 5.76. The third-order valence-corrected chi connectivity index (χ3v) is 4.27. The number of carbonyl (C=O) groups is 2. The van der Waals surface area contributed by atoms with Crippen LogP contribution in [0.15, 0.2) is 24.3 Å². The Bertz CT molecular complexity index is 552. The molecule has 3 amide bonds. The number of hydrogen-bond acceptors (Lipinski definition) is 2. The first-order chi connectivity index (χ1) is 10.1. The van der Waals surface area contributed by atoms with Gasteiger partial charge >= 0.3 is 6.03 Å². The highest BCUT2D eigenvalue weighted by atomic mass is 16.2. The molecule has 1 heterocycles. The fourth-order valence-corrected chi connectivity index (χ4v) is 2.73. The molecule has 1 aromatic carbocycles. The van der Waals surface area contributed by atoms with E-state index in [0.717, 1.165) is 32.4 Å². The van der Waals surface area contributed by atoms with E-state index in [-0.39, 0.29) is 17.9 Å². The van der Waals surface area contributed by atoms with Gasteiger partial charge in [-0.1, -0.05) is 19.1 Å². The first-order valence-corrected chi connectivity index (χ1v) is 7.61. The van der Waals surface area contributed by atoms with Crippen LogP contribution in [0.2, 0.25) is 0 Å². The number of nitrogens with one attached hydrogen (secondary N) is 2. The lowest BCUT2D eigenvalue weighted by atomic mass is 10.2. The van der Waals surface area contributed by atoms with Crippen LogP contribution in [0.1, 0.15) is 26.2 Å². The van der Waals surface area contributed by atoms with Crippen LogP contribution in [0.3, 0.4) is 0 Å². The zero-order valence-corrected chi connectivity index (χ0v) is 12.3. The summed E-state index contributed by atoms with van der Waals surface area (Å²) >= 11 is 0. The second-order valence-electron chi connectivity index (χ2n) is 5.98. The number of rotatable bonds is 3. The van der Waals surface area contributed by atoms with Crippen molar-refractivity contribution in [2.24, 2.45) is 11.8 Å². The molecule has 5 heteroatoms. The number of nitrogens with zero attached hydrogens (tertiary/aromatic N) is 1. The molecule has 1 aliphatic heterocycles. The van der Waals surface area contributed by atoms with Crippen molar-refractivity contribution in [3.63, 3.8) is 0 Å². The monoisotopic (exact) mass is 287 g/mol. The second-order valence-corrected chi connectivity index (χ2v) is 5.98. The van der Waals surface area contributed by atoms with Crippen molar-refractivity contribution < 1.29 is 9.59 Å². The van der Waals surface area contributed by atoms with Crippen LogP contribution in [-0.2, 0) is 4.79 Å². The van der Waals surface area contributed by atoms with E-state index in [1.165, 1.54) is 0 Å². The van der Waals surface area contributed by atoms with Gasteiger partial charge in [0.05, 0.1) is 11.4 Å². The van der Waals surface area contributed by atoms with Crippen LogP contribution in [-0.4, -0.2) is 29.9 Å². The maximum Gasteiger partial charge on any atom is 0.321 e. The van der Waals surface area contributed by atoms with E-state index in [0.29, 0.717) is 17.3 Å². The zero-order valence-electron chi connectivity index (χ0n) is 12.3. The van der Waals surface area contributed by atoms with Gasteiger partial charge in [0.25, 0.3) is 0 Å². The summed E-state index contributed by atoms with van der Waals surface area (Å²) in [5.41, 5.74) is 1.34. The highest BCUT2D eigenvalue weighted by molar-refractivity contribution is 6.00. The molecule has 2 fully saturated rings. The molecule has 1 saturated carbocycles. The van der Waals surface area contributed by atoms with Gasteiger partial charge in [-0.25, -0.2) is 4.79 Å². The lowest BCUT2D eigenvalue weighted by molar-refractivity contribution is -0.117. The highest BCUT2D eigenvalue weighted by Crippen LogP contribution is 2.39. The minimum Gasteiger partial charge on any atom is -0.325 e. The number of amides is 3. The standard InChI is InChI=1S/C16H21N3O2/c1-11-10-12(11)15(20)17-13-6-2-3-7-14(13)18-16(21)19-8-4-5-9-19/h2-3,6-7,11-12H,4-5,8-10H2,1H3,(H,17,20)(H,18,21)/t11-,12+/m1/s1. The maximum absolute atomic E-state index is 12.2. The van der Waals surface area contributed by atoms with Crippen LogP contribution in [0.5, 0.6) is 0 Å². The molecule has 1 saturated heterocycles. The number of anilines is 2. The first kappa shape index (κ1) is 13.9. The van der Waals surface area contributed by atoms with E-state index in [4.69, 9.17) is 0 Å². The highest BCUT2D eigenvalue weighted by Gasteiger charge is 2.39. The van der Waals surface area contributed by atoms with Gasteiger partial charge in [-0.05, 0) is 37.3 Å². The third-order valence-electron chi connectivity index (χ3n) is 4.27. The Balaban J connectivity index is 1.67. The fraction of sp³-hybridized carbons (Fsp3) is 0.500. The van der Waals surface area contributed by atoms with Crippen molar-refractivity contribution in [2.75, 3.05) is 23.7 Å².